The van der Waals surface area contributed by atoms with Crippen LogP contribution in [0.1, 0.15) is 9.67 Å². The molecule has 0 radical (unpaired) electrons. The Balaban J connectivity index is 2.49. The van der Waals surface area contributed by atoms with Gasteiger partial charge in [-0.1, -0.05) is 0 Å². The van der Waals surface area contributed by atoms with Crippen LogP contribution >= 0.6 is 11.3 Å². The molecule has 6 heteroatoms. The first-order valence-electron chi connectivity index (χ1n) is 5.03. The van der Waals surface area contributed by atoms with Crippen molar-refractivity contribution in [2.45, 2.75) is 0 Å². The Morgan fingerprint density at radius 1 is 1.53 bits per heavy atom. The van der Waals surface area contributed by atoms with E-state index in [4.69, 9.17) is 4.74 Å². The van der Waals surface area contributed by atoms with E-state index in [9.17, 15) is 4.79 Å². The van der Waals surface area contributed by atoms with E-state index in [2.05, 4.69) is 10.4 Å². The number of carbonyl (C=O) groups is 1. The number of amides is 1. The maximum Gasteiger partial charge on any atom is 0.279 e. The maximum absolute atomic E-state index is 12.0. The Morgan fingerprint density at radius 3 is 2.94 bits per heavy atom. The highest BCUT2D eigenvalue weighted by Gasteiger charge is 2.19. The van der Waals surface area contributed by atoms with E-state index in [-0.39, 0.29) is 5.91 Å². The van der Waals surface area contributed by atoms with Crippen molar-refractivity contribution in [3.8, 4) is 5.75 Å². The zero-order valence-corrected chi connectivity index (χ0v) is 10.7. The lowest BCUT2D eigenvalue weighted by molar-refractivity contribution is 0.0858. The molecule has 5 nitrogen and oxygen atoms in total. The van der Waals surface area contributed by atoms with Gasteiger partial charge in [0.15, 0.2) is 5.75 Å². The quantitative estimate of drug-likeness (QED) is 0.840. The van der Waals surface area contributed by atoms with Gasteiger partial charge in [-0.05, 0) is 12.1 Å². The molecule has 0 saturated heterocycles. The number of methoxy groups -OCH3 is 1. The Morgan fingerprint density at radius 2 is 2.29 bits per heavy atom. The van der Waals surface area contributed by atoms with Crippen LogP contribution in [0.5, 0.6) is 5.75 Å². The number of pyridine rings is 1. The van der Waals surface area contributed by atoms with Crippen LogP contribution in [-0.4, -0.2) is 37.1 Å². The standard InChI is InChI=1S/C11H13N3O2S/c1-14(2)13-10(15)9-8(16-3)7-5-4-6-12-11(7)17-9/h4-6H,1-3H3,(H,13,15). The normalized spacial score (nSPS) is 10.8. The lowest BCUT2D eigenvalue weighted by Gasteiger charge is -2.11. The third-order valence-corrected chi connectivity index (χ3v) is 3.25. The number of rotatable bonds is 3. The van der Waals surface area contributed by atoms with Gasteiger partial charge in [0.2, 0.25) is 0 Å². The van der Waals surface area contributed by atoms with Crippen molar-refractivity contribution < 1.29 is 9.53 Å². The number of hydrogen-bond donors (Lipinski definition) is 1. The number of carbonyl (C=O) groups excluding carboxylic acids is 1. The number of fused-ring (bicyclic) bond motifs is 1. The molecule has 0 aromatic carbocycles. The molecule has 2 rings (SSSR count). The summed E-state index contributed by atoms with van der Waals surface area (Å²) in [6.45, 7) is 0. The van der Waals surface area contributed by atoms with Gasteiger partial charge in [-0.15, -0.1) is 11.3 Å². The van der Waals surface area contributed by atoms with Gasteiger partial charge in [0.05, 0.1) is 12.5 Å². The number of ether oxygens (including phenoxy) is 1. The Labute approximate surface area is 103 Å². The van der Waals surface area contributed by atoms with Gasteiger partial charge in [0.1, 0.15) is 9.71 Å². The van der Waals surface area contributed by atoms with Crippen molar-refractivity contribution in [1.29, 1.82) is 0 Å². The summed E-state index contributed by atoms with van der Waals surface area (Å²) in [6.07, 6.45) is 1.70. The highest BCUT2D eigenvalue weighted by molar-refractivity contribution is 7.20. The largest absolute Gasteiger partial charge is 0.494 e. The predicted octanol–water partition coefficient (Wildman–Crippen LogP) is 1.51. The molecule has 0 atom stereocenters. The van der Waals surface area contributed by atoms with Crippen LogP contribution in [0.15, 0.2) is 18.3 Å². The molecule has 0 spiro atoms. The topological polar surface area (TPSA) is 54.5 Å². The fourth-order valence-electron chi connectivity index (χ4n) is 1.52. The third-order valence-electron chi connectivity index (χ3n) is 2.16. The number of nitrogens with one attached hydrogen (secondary N) is 1. The van der Waals surface area contributed by atoms with E-state index in [0.717, 1.165) is 10.2 Å². The first kappa shape index (κ1) is 11.8. The van der Waals surface area contributed by atoms with E-state index in [0.29, 0.717) is 10.6 Å². The van der Waals surface area contributed by atoms with E-state index >= 15 is 0 Å². The van der Waals surface area contributed by atoms with Crippen molar-refractivity contribution in [3.63, 3.8) is 0 Å². The summed E-state index contributed by atoms with van der Waals surface area (Å²) in [5, 5.41) is 2.46. The summed E-state index contributed by atoms with van der Waals surface area (Å²) in [4.78, 5) is 17.5. The summed E-state index contributed by atoms with van der Waals surface area (Å²) in [5.41, 5.74) is 2.69. The second-order valence-electron chi connectivity index (χ2n) is 3.66. The average Bonchev–Trinajstić information content (AvgIpc) is 2.66. The van der Waals surface area contributed by atoms with Crippen molar-refractivity contribution in [3.05, 3.63) is 23.2 Å². The molecule has 2 heterocycles. The highest BCUT2D eigenvalue weighted by Crippen LogP contribution is 2.36. The third kappa shape index (κ3) is 2.22. The van der Waals surface area contributed by atoms with E-state index in [1.165, 1.54) is 11.3 Å². The molecule has 0 saturated carbocycles. The molecular weight excluding hydrogens is 238 g/mol. The summed E-state index contributed by atoms with van der Waals surface area (Å²) in [7, 11) is 5.08. The van der Waals surface area contributed by atoms with E-state index < -0.39 is 0 Å². The van der Waals surface area contributed by atoms with E-state index in [1.54, 1.807) is 32.4 Å². The maximum atomic E-state index is 12.0. The molecule has 0 aliphatic heterocycles. The van der Waals surface area contributed by atoms with Gasteiger partial charge < -0.3 is 4.74 Å². The molecular formula is C11H13N3O2S. The molecule has 1 amide bonds. The molecule has 0 unspecified atom stereocenters. The van der Waals surface area contributed by atoms with Crippen molar-refractivity contribution >= 4 is 27.5 Å². The van der Waals surface area contributed by atoms with Gasteiger partial charge in [0, 0.05) is 20.3 Å². The second kappa shape index (κ2) is 4.68. The first-order valence-corrected chi connectivity index (χ1v) is 5.85. The minimum atomic E-state index is -0.185. The molecule has 0 aliphatic rings. The summed E-state index contributed by atoms with van der Waals surface area (Å²) in [5.74, 6) is 0.396. The number of aromatic nitrogens is 1. The molecule has 1 N–H and O–H groups in total. The van der Waals surface area contributed by atoms with Gasteiger partial charge >= 0.3 is 0 Å². The Hall–Kier alpha value is -1.66. The molecule has 2 aromatic rings. The van der Waals surface area contributed by atoms with Gasteiger partial charge in [0.25, 0.3) is 5.91 Å². The molecule has 90 valence electrons. The molecule has 0 aliphatic carbocycles. The summed E-state index contributed by atoms with van der Waals surface area (Å²) in [6, 6.07) is 3.72. The molecule has 0 fully saturated rings. The first-order chi connectivity index (χ1) is 8.13. The number of hydrazine groups is 1. The fraction of sp³-hybridized carbons (Fsp3) is 0.273. The number of thiophene rings is 1. The van der Waals surface area contributed by atoms with Crippen LogP contribution in [-0.2, 0) is 0 Å². The summed E-state index contributed by atoms with van der Waals surface area (Å²) < 4.78 is 5.29. The highest BCUT2D eigenvalue weighted by atomic mass is 32.1. The lowest BCUT2D eigenvalue weighted by Crippen LogP contribution is -2.35. The fourth-order valence-corrected chi connectivity index (χ4v) is 2.52. The van der Waals surface area contributed by atoms with Crippen molar-refractivity contribution in [1.82, 2.24) is 15.4 Å². The van der Waals surface area contributed by atoms with Crippen LogP contribution in [0.25, 0.3) is 10.2 Å². The zero-order valence-electron chi connectivity index (χ0n) is 9.85. The second-order valence-corrected chi connectivity index (χ2v) is 4.65. The minimum Gasteiger partial charge on any atom is -0.494 e. The Kier molecular flexibility index (Phi) is 3.26. The van der Waals surface area contributed by atoms with Crippen molar-refractivity contribution in [2.24, 2.45) is 0 Å². The van der Waals surface area contributed by atoms with Crippen LogP contribution in [0.2, 0.25) is 0 Å². The molecule has 17 heavy (non-hydrogen) atoms. The Bertz CT molecular complexity index is 551. The monoisotopic (exact) mass is 251 g/mol. The zero-order chi connectivity index (χ0) is 12.4. The molecule has 0 bridgehead atoms. The SMILES string of the molecule is COc1c(C(=O)NN(C)C)sc2ncccc12. The molecule has 2 aromatic heterocycles. The van der Waals surface area contributed by atoms with E-state index in [1.807, 2.05) is 12.1 Å². The van der Waals surface area contributed by atoms with Crippen LogP contribution in [0.4, 0.5) is 0 Å². The van der Waals surface area contributed by atoms with Crippen molar-refractivity contribution in [2.75, 3.05) is 21.2 Å². The lowest BCUT2D eigenvalue weighted by atomic mass is 10.3. The number of hydrogen-bond acceptors (Lipinski definition) is 5. The average molecular weight is 251 g/mol. The van der Waals surface area contributed by atoms with Crippen LogP contribution in [0.3, 0.4) is 0 Å². The summed E-state index contributed by atoms with van der Waals surface area (Å²) >= 11 is 1.32. The van der Waals surface area contributed by atoms with Crippen LogP contribution in [0, 0.1) is 0 Å². The van der Waals surface area contributed by atoms with Gasteiger partial charge in [-0.25, -0.2) is 9.99 Å². The minimum absolute atomic E-state index is 0.185. The smallest absolute Gasteiger partial charge is 0.279 e. The van der Waals surface area contributed by atoms with Gasteiger partial charge in [-0.3, -0.25) is 10.2 Å². The van der Waals surface area contributed by atoms with Gasteiger partial charge in [-0.2, -0.15) is 0 Å². The predicted molar refractivity (Wildman–Crippen MR) is 67.3 cm³/mol. The van der Waals surface area contributed by atoms with Crippen LogP contribution < -0.4 is 10.2 Å². The number of nitrogens with zero attached hydrogens (tertiary/aromatic N) is 2.